The van der Waals surface area contributed by atoms with Crippen LogP contribution in [0.25, 0.3) is 9.40 Å². The van der Waals surface area contributed by atoms with Crippen molar-refractivity contribution in [1.82, 2.24) is 0 Å². The molecule has 2 aromatic rings. The first-order chi connectivity index (χ1) is 8.08. The molecule has 3 rings (SSSR count). The molecule has 0 bridgehead atoms. The van der Waals surface area contributed by atoms with Gasteiger partial charge in [0.05, 0.1) is 9.99 Å². The van der Waals surface area contributed by atoms with E-state index in [-0.39, 0.29) is 11.4 Å². The summed E-state index contributed by atoms with van der Waals surface area (Å²) in [4.78, 5) is 13.1. The van der Waals surface area contributed by atoms with Crippen LogP contribution in [0.15, 0.2) is 6.07 Å². The third kappa shape index (κ3) is 1.66. The number of methoxy groups -OCH3 is 1. The number of carbonyl (C=O) groups is 1. The van der Waals surface area contributed by atoms with Crippen molar-refractivity contribution < 1.29 is 9.53 Å². The van der Waals surface area contributed by atoms with Crippen LogP contribution < -0.4 is 0 Å². The normalized spacial score (nSPS) is 17.4. The van der Waals surface area contributed by atoms with Crippen molar-refractivity contribution in [3.05, 3.63) is 19.4 Å². The summed E-state index contributed by atoms with van der Waals surface area (Å²) >= 11 is 5.92. The van der Waals surface area contributed by atoms with Crippen LogP contribution in [0.5, 0.6) is 0 Å². The van der Waals surface area contributed by atoms with Crippen LogP contribution in [0.2, 0.25) is 0 Å². The first-order valence-electron chi connectivity index (χ1n) is 5.36. The summed E-state index contributed by atoms with van der Waals surface area (Å²) in [5, 5.41) is 0. The van der Waals surface area contributed by atoms with Crippen molar-refractivity contribution in [3.63, 3.8) is 0 Å². The van der Waals surface area contributed by atoms with Gasteiger partial charge in [-0.15, -0.1) is 22.7 Å². The SMILES string of the molecule is COC(=O)C1(c2sc3cc(I)sc3c2C)CC1. The van der Waals surface area contributed by atoms with Gasteiger partial charge in [0.25, 0.3) is 0 Å². The lowest BCUT2D eigenvalue weighted by atomic mass is 10.0. The Labute approximate surface area is 121 Å². The quantitative estimate of drug-likeness (QED) is 0.582. The Balaban J connectivity index is 2.15. The summed E-state index contributed by atoms with van der Waals surface area (Å²) in [5.74, 6) is -0.0656. The number of ether oxygens (including phenoxy) is 1. The van der Waals surface area contributed by atoms with Crippen LogP contribution in [0.3, 0.4) is 0 Å². The first kappa shape index (κ1) is 11.9. The number of esters is 1. The van der Waals surface area contributed by atoms with Crippen molar-refractivity contribution in [2.75, 3.05) is 7.11 Å². The maximum atomic E-state index is 11.9. The van der Waals surface area contributed by atoms with Crippen LogP contribution >= 0.6 is 45.3 Å². The first-order valence-corrected chi connectivity index (χ1v) is 8.07. The van der Waals surface area contributed by atoms with Crippen LogP contribution in [0, 0.1) is 9.81 Å². The molecule has 1 fully saturated rings. The maximum Gasteiger partial charge on any atom is 0.317 e. The zero-order valence-electron chi connectivity index (χ0n) is 9.50. The van der Waals surface area contributed by atoms with Gasteiger partial charge < -0.3 is 4.74 Å². The molecule has 0 aliphatic heterocycles. The minimum absolute atomic E-state index is 0.0656. The van der Waals surface area contributed by atoms with Crippen LogP contribution in [0.4, 0.5) is 0 Å². The lowest BCUT2D eigenvalue weighted by Gasteiger charge is -2.11. The van der Waals surface area contributed by atoms with Gasteiger partial charge in [0, 0.05) is 14.3 Å². The minimum atomic E-state index is -0.312. The summed E-state index contributed by atoms with van der Waals surface area (Å²) in [7, 11) is 1.48. The predicted octanol–water partition coefficient (Wildman–Crippen LogP) is 4.08. The molecule has 0 atom stereocenters. The fourth-order valence-electron chi connectivity index (χ4n) is 2.27. The van der Waals surface area contributed by atoms with E-state index >= 15 is 0 Å². The predicted molar refractivity (Wildman–Crippen MR) is 80.1 cm³/mol. The van der Waals surface area contributed by atoms with E-state index in [0.29, 0.717) is 0 Å². The van der Waals surface area contributed by atoms with Crippen molar-refractivity contribution in [3.8, 4) is 0 Å². The third-order valence-corrected chi connectivity index (χ3v) is 6.91. The van der Waals surface area contributed by atoms with E-state index in [1.165, 1.54) is 29.8 Å². The molecule has 0 spiro atoms. The van der Waals surface area contributed by atoms with Crippen molar-refractivity contribution in [1.29, 1.82) is 0 Å². The van der Waals surface area contributed by atoms with Gasteiger partial charge in [0.1, 0.15) is 5.41 Å². The summed E-state index contributed by atoms with van der Waals surface area (Å²) < 4.78 is 8.90. The average Bonchev–Trinajstić information content (AvgIpc) is 2.95. The van der Waals surface area contributed by atoms with E-state index in [2.05, 4.69) is 35.6 Å². The van der Waals surface area contributed by atoms with Gasteiger partial charge in [0.15, 0.2) is 0 Å². The summed E-state index contributed by atoms with van der Waals surface area (Å²) in [6, 6.07) is 2.20. The number of halogens is 1. The molecular formula is C12H11IO2S2. The Hall–Kier alpha value is -0.140. The molecule has 0 unspecified atom stereocenters. The second-order valence-electron chi connectivity index (χ2n) is 4.37. The lowest BCUT2D eigenvalue weighted by Crippen LogP contribution is -2.21. The molecule has 0 saturated heterocycles. The topological polar surface area (TPSA) is 26.3 Å². The van der Waals surface area contributed by atoms with Crippen LogP contribution in [0.1, 0.15) is 23.3 Å². The number of thiophene rings is 2. The van der Waals surface area contributed by atoms with Gasteiger partial charge in [-0.05, 0) is 54.0 Å². The van der Waals surface area contributed by atoms with Crippen LogP contribution in [-0.4, -0.2) is 13.1 Å². The molecule has 2 heterocycles. The highest BCUT2D eigenvalue weighted by Crippen LogP contribution is 2.55. The molecule has 0 aromatic carbocycles. The van der Waals surface area contributed by atoms with Crippen molar-refractivity contribution in [2.45, 2.75) is 25.2 Å². The molecule has 1 aliphatic rings. The zero-order valence-corrected chi connectivity index (χ0v) is 13.3. The summed E-state index contributed by atoms with van der Waals surface area (Å²) in [6.07, 6.45) is 1.87. The van der Waals surface area contributed by atoms with E-state index < -0.39 is 0 Å². The molecule has 90 valence electrons. The van der Waals surface area contributed by atoms with E-state index in [9.17, 15) is 4.79 Å². The molecule has 0 N–H and O–H groups in total. The van der Waals surface area contributed by atoms with Crippen LogP contribution in [-0.2, 0) is 14.9 Å². The van der Waals surface area contributed by atoms with E-state index in [0.717, 1.165) is 12.8 Å². The Morgan fingerprint density at radius 3 is 2.71 bits per heavy atom. The molecule has 1 aliphatic carbocycles. The fourth-order valence-corrected chi connectivity index (χ4v) is 6.01. The molecule has 0 amide bonds. The number of rotatable bonds is 2. The van der Waals surface area contributed by atoms with Gasteiger partial charge in [-0.1, -0.05) is 0 Å². The molecule has 2 aromatic heterocycles. The monoisotopic (exact) mass is 378 g/mol. The van der Waals surface area contributed by atoms with E-state index in [4.69, 9.17) is 4.74 Å². The number of hydrogen-bond donors (Lipinski definition) is 0. The summed E-state index contributed by atoms with van der Waals surface area (Å²) in [5.41, 5.74) is 0.967. The molecule has 2 nitrogen and oxygen atoms in total. The Kier molecular flexibility index (Phi) is 2.75. The Bertz CT molecular complexity index is 607. The minimum Gasteiger partial charge on any atom is -0.468 e. The highest BCUT2D eigenvalue weighted by Gasteiger charge is 2.54. The van der Waals surface area contributed by atoms with E-state index in [1.54, 1.807) is 11.3 Å². The molecule has 0 radical (unpaired) electrons. The average molecular weight is 378 g/mol. The zero-order chi connectivity index (χ0) is 12.2. The second-order valence-corrected chi connectivity index (χ2v) is 8.37. The third-order valence-electron chi connectivity index (χ3n) is 3.32. The van der Waals surface area contributed by atoms with Gasteiger partial charge in [-0.2, -0.15) is 0 Å². The summed E-state index contributed by atoms with van der Waals surface area (Å²) in [6.45, 7) is 2.13. The van der Waals surface area contributed by atoms with Crippen molar-refractivity contribution >= 4 is 60.6 Å². The molecule has 1 saturated carbocycles. The lowest BCUT2D eigenvalue weighted by molar-refractivity contribution is -0.143. The molecular weight excluding hydrogens is 367 g/mol. The number of carbonyl (C=O) groups excluding carboxylic acids is 1. The number of hydrogen-bond acceptors (Lipinski definition) is 4. The number of fused-ring (bicyclic) bond motifs is 1. The number of aryl methyl sites for hydroxylation is 1. The standard InChI is InChI=1S/C12H11IO2S2/c1-6-9-7(5-8(13)17-9)16-10(6)12(3-4-12)11(14)15-2/h5H,3-4H2,1-2H3. The maximum absolute atomic E-state index is 11.9. The van der Waals surface area contributed by atoms with Crippen molar-refractivity contribution in [2.24, 2.45) is 0 Å². The van der Waals surface area contributed by atoms with Gasteiger partial charge in [0.2, 0.25) is 0 Å². The Morgan fingerprint density at radius 1 is 1.47 bits per heavy atom. The highest BCUT2D eigenvalue weighted by molar-refractivity contribution is 14.1. The fraction of sp³-hybridized carbons (Fsp3) is 0.417. The highest BCUT2D eigenvalue weighted by atomic mass is 127. The van der Waals surface area contributed by atoms with Gasteiger partial charge >= 0.3 is 5.97 Å². The van der Waals surface area contributed by atoms with Gasteiger partial charge in [-0.25, -0.2) is 0 Å². The Morgan fingerprint density at radius 2 is 2.18 bits per heavy atom. The molecule has 17 heavy (non-hydrogen) atoms. The smallest absolute Gasteiger partial charge is 0.317 e. The van der Waals surface area contributed by atoms with E-state index in [1.807, 2.05) is 11.3 Å². The molecule has 5 heteroatoms. The van der Waals surface area contributed by atoms with Gasteiger partial charge in [-0.3, -0.25) is 4.79 Å². The second kappa shape index (κ2) is 3.93. The largest absolute Gasteiger partial charge is 0.468 e.